The molecule has 0 radical (unpaired) electrons. The standard InChI is InChI=1S/C13H18N2O4S/c1-2-13(6-3-7-13)9-15-20(18,19)11-5-4-10(8-14-11)12(16)17/h4-5,8,15H,2-3,6-7,9H2,1H3,(H,16,17). The van der Waals surface area contributed by atoms with Gasteiger partial charge in [-0.15, -0.1) is 0 Å². The molecule has 2 rings (SSSR count). The third-order valence-corrected chi connectivity index (χ3v) is 5.38. The predicted molar refractivity (Wildman–Crippen MR) is 73.0 cm³/mol. The van der Waals surface area contributed by atoms with Gasteiger partial charge in [-0.05, 0) is 36.8 Å². The van der Waals surface area contributed by atoms with Crippen LogP contribution in [0.15, 0.2) is 23.4 Å². The Morgan fingerprint density at radius 1 is 1.45 bits per heavy atom. The van der Waals surface area contributed by atoms with Crippen molar-refractivity contribution in [1.82, 2.24) is 9.71 Å². The Balaban J connectivity index is 2.08. The van der Waals surface area contributed by atoms with Gasteiger partial charge >= 0.3 is 5.97 Å². The summed E-state index contributed by atoms with van der Waals surface area (Å²) in [6.07, 6.45) is 5.21. The summed E-state index contributed by atoms with van der Waals surface area (Å²) < 4.78 is 26.8. The fourth-order valence-electron chi connectivity index (χ4n) is 2.32. The number of aromatic nitrogens is 1. The minimum Gasteiger partial charge on any atom is -0.478 e. The van der Waals surface area contributed by atoms with Gasteiger partial charge in [-0.2, -0.15) is 0 Å². The summed E-state index contributed by atoms with van der Waals surface area (Å²) in [5.74, 6) is -1.13. The Bertz CT molecular complexity index is 586. The molecule has 0 spiro atoms. The number of pyridine rings is 1. The molecular weight excluding hydrogens is 280 g/mol. The molecule has 0 bridgehead atoms. The fourth-order valence-corrected chi connectivity index (χ4v) is 3.40. The molecule has 0 aromatic carbocycles. The van der Waals surface area contributed by atoms with E-state index in [1.165, 1.54) is 12.1 Å². The van der Waals surface area contributed by atoms with Crippen LogP contribution in [0.4, 0.5) is 0 Å². The molecule has 0 atom stereocenters. The number of rotatable bonds is 6. The zero-order valence-electron chi connectivity index (χ0n) is 11.3. The van der Waals surface area contributed by atoms with Crippen molar-refractivity contribution in [1.29, 1.82) is 0 Å². The van der Waals surface area contributed by atoms with Crippen molar-refractivity contribution < 1.29 is 18.3 Å². The van der Waals surface area contributed by atoms with E-state index < -0.39 is 16.0 Å². The minimum absolute atomic E-state index is 0.0343. The SMILES string of the molecule is CCC1(CNS(=O)(=O)c2ccc(C(=O)O)cn2)CCC1. The Labute approximate surface area is 118 Å². The largest absolute Gasteiger partial charge is 0.478 e. The molecule has 1 aliphatic rings. The molecule has 0 saturated heterocycles. The number of nitrogens with zero attached hydrogens (tertiary/aromatic N) is 1. The first-order valence-electron chi connectivity index (χ1n) is 6.58. The van der Waals surface area contributed by atoms with Gasteiger partial charge in [-0.3, -0.25) is 0 Å². The van der Waals surface area contributed by atoms with Crippen LogP contribution < -0.4 is 4.72 Å². The van der Waals surface area contributed by atoms with E-state index in [9.17, 15) is 13.2 Å². The molecule has 0 amide bonds. The number of carboxylic acid groups (broad SMARTS) is 1. The number of aromatic carboxylic acids is 1. The van der Waals surface area contributed by atoms with E-state index >= 15 is 0 Å². The zero-order chi connectivity index (χ0) is 14.8. The van der Waals surface area contributed by atoms with E-state index in [2.05, 4.69) is 16.6 Å². The monoisotopic (exact) mass is 298 g/mol. The van der Waals surface area contributed by atoms with E-state index in [0.717, 1.165) is 31.9 Å². The highest BCUT2D eigenvalue weighted by Crippen LogP contribution is 2.43. The maximum Gasteiger partial charge on any atom is 0.337 e. The van der Waals surface area contributed by atoms with Crippen LogP contribution in [-0.4, -0.2) is 31.0 Å². The van der Waals surface area contributed by atoms with Crippen LogP contribution in [0.1, 0.15) is 43.0 Å². The van der Waals surface area contributed by atoms with E-state index in [1.54, 1.807) is 0 Å². The van der Waals surface area contributed by atoms with E-state index in [-0.39, 0.29) is 16.0 Å². The van der Waals surface area contributed by atoms with Crippen LogP contribution in [0.3, 0.4) is 0 Å². The van der Waals surface area contributed by atoms with Crippen LogP contribution in [0.25, 0.3) is 0 Å². The lowest BCUT2D eigenvalue weighted by Gasteiger charge is -2.41. The average molecular weight is 298 g/mol. The van der Waals surface area contributed by atoms with E-state index in [1.807, 2.05) is 0 Å². The van der Waals surface area contributed by atoms with Gasteiger partial charge in [0.15, 0.2) is 5.03 Å². The lowest BCUT2D eigenvalue weighted by atomic mass is 9.67. The molecule has 1 aliphatic carbocycles. The highest BCUT2D eigenvalue weighted by Gasteiger charge is 2.36. The van der Waals surface area contributed by atoms with Gasteiger partial charge in [-0.1, -0.05) is 13.3 Å². The number of hydrogen-bond donors (Lipinski definition) is 2. The van der Waals surface area contributed by atoms with Gasteiger partial charge in [0.05, 0.1) is 5.56 Å². The van der Waals surface area contributed by atoms with Crippen LogP contribution in [0, 0.1) is 5.41 Å². The third-order valence-electron chi connectivity index (χ3n) is 4.06. The van der Waals surface area contributed by atoms with Gasteiger partial charge in [0, 0.05) is 12.7 Å². The summed E-state index contributed by atoms with van der Waals surface area (Å²) in [7, 11) is -3.68. The van der Waals surface area contributed by atoms with Crippen molar-refractivity contribution >= 4 is 16.0 Å². The topological polar surface area (TPSA) is 96.4 Å². The Morgan fingerprint density at radius 2 is 2.15 bits per heavy atom. The lowest BCUT2D eigenvalue weighted by Crippen LogP contribution is -2.41. The second kappa shape index (κ2) is 5.49. The molecule has 1 aromatic rings. The van der Waals surface area contributed by atoms with Gasteiger partial charge in [-0.25, -0.2) is 22.9 Å². The Morgan fingerprint density at radius 3 is 2.55 bits per heavy atom. The fraction of sp³-hybridized carbons (Fsp3) is 0.538. The maximum absolute atomic E-state index is 12.1. The van der Waals surface area contributed by atoms with Crippen molar-refractivity contribution in [3.8, 4) is 0 Å². The van der Waals surface area contributed by atoms with Crippen molar-refractivity contribution in [2.24, 2.45) is 5.41 Å². The summed E-state index contributed by atoms with van der Waals surface area (Å²) in [4.78, 5) is 14.4. The molecule has 7 heteroatoms. The van der Waals surface area contributed by atoms with Crippen LogP contribution in [-0.2, 0) is 10.0 Å². The van der Waals surface area contributed by atoms with Crippen molar-refractivity contribution in [2.75, 3.05) is 6.54 Å². The highest BCUT2D eigenvalue weighted by atomic mass is 32.2. The molecule has 0 unspecified atom stereocenters. The molecule has 1 heterocycles. The molecule has 1 fully saturated rings. The summed E-state index contributed by atoms with van der Waals surface area (Å²) in [5.41, 5.74) is 0.0432. The number of carbonyl (C=O) groups is 1. The lowest BCUT2D eigenvalue weighted by molar-refractivity contribution is 0.0696. The average Bonchev–Trinajstić information content (AvgIpc) is 2.38. The first-order chi connectivity index (χ1) is 9.38. The molecule has 6 nitrogen and oxygen atoms in total. The minimum atomic E-state index is -3.68. The molecule has 2 N–H and O–H groups in total. The first-order valence-corrected chi connectivity index (χ1v) is 8.06. The molecule has 1 aromatic heterocycles. The smallest absolute Gasteiger partial charge is 0.337 e. The summed E-state index contributed by atoms with van der Waals surface area (Å²) in [6.45, 7) is 2.47. The van der Waals surface area contributed by atoms with Gasteiger partial charge < -0.3 is 5.11 Å². The predicted octanol–water partition coefficient (Wildman–Crippen LogP) is 1.64. The van der Waals surface area contributed by atoms with E-state index in [4.69, 9.17) is 5.11 Å². The van der Waals surface area contributed by atoms with Gasteiger partial charge in [0.25, 0.3) is 10.0 Å². The van der Waals surface area contributed by atoms with Gasteiger partial charge in [0.2, 0.25) is 0 Å². The van der Waals surface area contributed by atoms with Gasteiger partial charge in [0.1, 0.15) is 0 Å². The number of hydrogen-bond acceptors (Lipinski definition) is 4. The molecule has 0 aliphatic heterocycles. The molecular formula is C13H18N2O4S. The van der Waals surface area contributed by atoms with E-state index in [0.29, 0.717) is 6.54 Å². The second-order valence-corrected chi connectivity index (χ2v) is 6.94. The first kappa shape index (κ1) is 14.9. The maximum atomic E-state index is 12.1. The third kappa shape index (κ3) is 2.99. The molecule has 20 heavy (non-hydrogen) atoms. The van der Waals surface area contributed by atoms with Crippen LogP contribution >= 0.6 is 0 Å². The van der Waals surface area contributed by atoms with Crippen LogP contribution in [0.2, 0.25) is 0 Å². The summed E-state index contributed by atoms with van der Waals surface area (Å²) in [6, 6.07) is 2.45. The van der Waals surface area contributed by atoms with Crippen molar-refractivity contribution in [3.05, 3.63) is 23.9 Å². The Hall–Kier alpha value is -1.47. The number of sulfonamides is 1. The van der Waals surface area contributed by atoms with Crippen LogP contribution in [0.5, 0.6) is 0 Å². The quantitative estimate of drug-likeness (QED) is 0.832. The molecule has 110 valence electrons. The Kier molecular flexibility index (Phi) is 4.10. The zero-order valence-corrected chi connectivity index (χ0v) is 12.1. The summed E-state index contributed by atoms with van der Waals surface area (Å²) >= 11 is 0. The number of nitrogens with one attached hydrogen (secondary N) is 1. The van der Waals surface area contributed by atoms with Crippen molar-refractivity contribution in [2.45, 2.75) is 37.6 Å². The molecule has 1 saturated carbocycles. The number of carboxylic acids is 1. The highest BCUT2D eigenvalue weighted by molar-refractivity contribution is 7.89. The normalized spacial score (nSPS) is 17.4. The second-order valence-electron chi connectivity index (χ2n) is 5.22. The van der Waals surface area contributed by atoms with Crippen molar-refractivity contribution in [3.63, 3.8) is 0 Å². The summed E-state index contributed by atoms with van der Waals surface area (Å²) in [5, 5.41) is 8.61.